The molecule has 0 atom stereocenters. The first-order chi connectivity index (χ1) is 8.33. The molecule has 0 aliphatic heterocycles. The molecule has 0 nitrogen and oxygen atoms in total. The minimum absolute atomic E-state index is 0. The van der Waals surface area contributed by atoms with Gasteiger partial charge in [-0.3, -0.25) is 0 Å². The van der Waals surface area contributed by atoms with Crippen molar-refractivity contribution >= 4 is 0 Å². The van der Waals surface area contributed by atoms with Crippen molar-refractivity contribution in [1.82, 2.24) is 0 Å². The first kappa shape index (κ1) is 20.5. The zero-order valence-corrected chi connectivity index (χ0v) is 13.7. The van der Waals surface area contributed by atoms with Crippen molar-refractivity contribution in [3.63, 3.8) is 0 Å². The SMILES string of the molecule is C.CC.CCC(C)(C)c1cccc(C(C)(C)CC)c1. The van der Waals surface area contributed by atoms with Gasteiger partial charge in [0.25, 0.3) is 0 Å². The average Bonchev–Trinajstić information content (AvgIpc) is 2.41. The van der Waals surface area contributed by atoms with Crippen LogP contribution >= 0.6 is 0 Å². The van der Waals surface area contributed by atoms with Gasteiger partial charge in [0.1, 0.15) is 0 Å². The lowest BCUT2D eigenvalue weighted by Crippen LogP contribution is -2.19. The van der Waals surface area contributed by atoms with E-state index < -0.39 is 0 Å². The van der Waals surface area contributed by atoms with E-state index in [-0.39, 0.29) is 7.43 Å². The fourth-order valence-electron chi connectivity index (χ4n) is 1.77. The van der Waals surface area contributed by atoms with Gasteiger partial charge in [-0.05, 0) is 34.8 Å². The molecule has 112 valence electrons. The molecular weight excluding hydrogens is 228 g/mol. The third kappa shape index (κ3) is 5.38. The highest BCUT2D eigenvalue weighted by molar-refractivity contribution is 5.33. The van der Waals surface area contributed by atoms with Gasteiger partial charge < -0.3 is 0 Å². The van der Waals surface area contributed by atoms with E-state index in [1.807, 2.05) is 13.8 Å². The van der Waals surface area contributed by atoms with E-state index in [0.29, 0.717) is 10.8 Å². The standard InChI is InChI=1S/C16H26.C2H6.CH4/c1-7-15(3,4)13-10-9-11-14(12-13)16(5,6)8-2;1-2;/h9-12H,7-8H2,1-6H3;1-2H3;1H4. The maximum absolute atomic E-state index is 2.40. The van der Waals surface area contributed by atoms with Gasteiger partial charge in [0.05, 0.1) is 0 Å². The van der Waals surface area contributed by atoms with E-state index in [1.54, 1.807) is 0 Å². The lowest BCUT2D eigenvalue weighted by Gasteiger charge is -2.28. The second-order valence-electron chi connectivity index (χ2n) is 6.06. The molecule has 19 heavy (non-hydrogen) atoms. The Hall–Kier alpha value is -0.780. The molecule has 0 bridgehead atoms. The highest BCUT2D eigenvalue weighted by Gasteiger charge is 2.22. The molecule has 0 fully saturated rings. The van der Waals surface area contributed by atoms with Crippen LogP contribution in [-0.4, -0.2) is 0 Å². The Kier molecular flexibility index (Phi) is 9.08. The minimum atomic E-state index is 0. The summed E-state index contributed by atoms with van der Waals surface area (Å²) in [6.07, 6.45) is 2.37. The highest BCUT2D eigenvalue weighted by atomic mass is 14.3. The van der Waals surface area contributed by atoms with Crippen LogP contribution in [0.25, 0.3) is 0 Å². The molecule has 0 saturated heterocycles. The fourth-order valence-corrected chi connectivity index (χ4v) is 1.77. The lowest BCUT2D eigenvalue weighted by molar-refractivity contribution is 0.488. The van der Waals surface area contributed by atoms with E-state index in [1.165, 1.54) is 24.0 Å². The Balaban J connectivity index is 0. The topological polar surface area (TPSA) is 0 Å². The molecule has 0 unspecified atom stereocenters. The summed E-state index contributed by atoms with van der Waals surface area (Å²) >= 11 is 0. The van der Waals surface area contributed by atoms with Crippen LogP contribution in [0, 0.1) is 0 Å². The van der Waals surface area contributed by atoms with Crippen LogP contribution in [0.15, 0.2) is 24.3 Å². The molecule has 0 amide bonds. The quantitative estimate of drug-likeness (QED) is 0.566. The molecule has 0 aliphatic carbocycles. The van der Waals surface area contributed by atoms with Crippen molar-refractivity contribution < 1.29 is 0 Å². The second-order valence-corrected chi connectivity index (χ2v) is 6.06. The van der Waals surface area contributed by atoms with Crippen molar-refractivity contribution in [1.29, 1.82) is 0 Å². The Morgan fingerprint density at radius 3 is 1.37 bits per heavy atom. The Morgan fingerprint density at radius 1 is 0.789 bits per heavy atom. The molecule has 0 saturated carbocycles. The van der Waals surface area contributed by atoms with Crippen LogP contribution in [0.5, 0.6) is 0 Å². The van der Waals surface area contributed by atoms with Crippen molar-refractivity contribution in [2.75, 3.05) is 0 Å². The number of benzene rings is 1. The molecule has 0 spiro atoms. The predicted molar refractivity (Wildman–Crippen MR) is 91.2 cm³/mol. The molecule has 1 aromatic rings. The molecular formula is C19H36. The first-order valence-corrected chi connectivity index (χ1v) is 7.44. The lowest BCUT2D eigenvalue weighted by atomic mass is 9.77. The van der Waals surface area contributed by atoms with Gasteiger partial charge >= 0.3 is 0 Å². The summed E-state index contributed by atoms with van der Waals surface area (Å²) in [7, 11) is 0. The molecule has 0 aromatic heterocycles. The molecule has 1 rings (SSSR count). The summed E-state index contributed by atoms with van der Waals surface area (Å²) < 4.78 is 0. The van der Waals surface area contributed by atoms with Crippen LogP contribution in [0.1, 0.15) is 86.8 Å². The molecule has 0 heterocycles. The number of hydrogen-bond donors (Lipinski definition) is 0. The van der Waals surface area contributed by atoms with Gasteiger partial charge in [0.2, 0.25) is 0 Å². The van der Waals surface area contributed by atoms with E-state index in [9.17, 15) is 0 Å². The zero-order valence-electron chi connectivity index (χ0n) is 13.7. The molecule has 1 aromatic carbocycles. The third-order valence-corrected chi connectivity index (χ3v) is 4.19. The molecule has 0 aliphatic rings. The van der Waals surface area contributed by atoms with Crippen LogP contribution in [0.3, 0.4) is 0 Å². The van der Waals surface area contributed by atoms with Gasteiger partial charge in [-0.2, -0.15) is 0 Å². The van der Waals surface area contributed by atoms with Crippen LogP contribution in [-0.2, 0) is 10.8 Å². The fraction of sp³-hybridized carbons (Fsp3) is 0.684. The monoisotopic (exact) mass is 264 g/mol. The minimum Gasteiger partial charge on any atom is -0.0776 e. The molecule has 0 radical (unpaired) electrons. The largest absolute Gasteiger partial charge is 0.0776 e. The smallest absolute Gasteiger partial charge is 0.0106 e. The van der Waals surface area contributed by atoms with Crippen LogP contribution in [0.4, 0.5) is 0 Å². The Bertz CT molecular complexity index is 314. The third-order valence-electron chi connectivity index (χ3n) is 4.19. The average molecular weight is 264 g/mol. The zero-order chi connectivity index (χ0) is 14.4. The summed E-state index contributed by atoms with van der Waals surface area (Å²) in [5.74, 6) is 0. The van der Waals surface area contributed by atoms with Crippen molar-refractivity contribution in [3.8, 4) is 0 Å². The summed E-state index contributed by atoms with van der Waals surface area (Å²) in [5, 5.41) is 0. The Labute approximate surface area is 122 Å². The summed E-state index contributed by atoms with van der Waals surface area (Å²) in [5.41, 5.74) is 3.52. The summed E-state index contributed by atoms with van der Waals surface area (Å²) in [6, 6.07) is 9.13. The summed E-state index contributed by atoms with van der Waals surface area (Å²) in [6.45, 7) is 17.8. The van der Waals surface area contributed by atoms with Gasteiger partial charge in [0, 0.05) is 0 Å². The maximum atomic E-state index is 2.40. The molecule has 0 N–H and O–H groups in total. The maximum Gasteiger partial charge on any atom is -0.0106 e. The normalized spacial score (nSPS) is 11.2. The van der Waals surface area contributed by atoms with E-state index in [2.05, 4.69) is 65.8 Å². The molecule has 0 heteroatoms. The van der Waals surface area contributed by atoms with Gasteiger partial charge in [-0.15, -0.1) is 0 Å². The number of hydrogen-bond acceptors (Lipinski definition) is 0. The van der Waals surface area contributed by atoms with Crippen molar-refractivity contribution in [3.05, 3.63) is 35.4 Å². The van der Waals surface area contributed by atoms with E-state index >= 15 is 0 Å². The second kappa shape index (κ2) is 8.40. The first-order valence-electron chi connectivity index (χ1n) is 7.44. The van der Waals surface area contributed by atoms with E-state index in [4.69, 9.17) is 0 Å². The van der Waals surface area contributed by atoms with Gasteiger partial charge in [0.15, 0.2) is 0 Å². The van der Waals surface area contributed by atoms with Crippen LogP contribution in [0.2, 0.25) is 0 Å². The van der Waals surface area contributed by atoms with Crippen LogP contribution < -0.4 is 0 Å². The summed E-state index contributed by atoms with van der Waals surface area (Å²) in [4.78, 5) is 0. The predicted octanol–water partition coefficient (Wildman–Crippen LogP) is 6.72. The highest BCUT2D eigenvalue weighted by Crippen LogP contribution is 2.32. The van der Waals surface area contributed by atoms with Gasteiger partial charge in [-0.1, -0.05) is 87.1 Å². The van der Waals surface area contributed by atoms with Gasteiger partial charge in [-0.25, -0.2) is 0 Å². The van der Waals surface area contributed by atoms with Crippen molar-refractivity contribution in [2.45, 2.75) is 86.5 Å². The Morgan fingerprint density at radius 2 is 1.11 bits per heavy atom. The van der Waals surface area contributed by atoms with Crippen molar-refractivity contribution in [2.24, 2.45) is 0 Å². The van der Waals surface area contributed by atoms with E-state index in [0.717, 1.165) is 0 Å². The number of rotatable bonds is 4.